The van der Waals surface area contributed by atoms with E-state index in [9.17, 15) is 14.3 Å². The summed E-state index contributed by atoms with van der Waals surface area (Å²) in [7, 11) is 0. The van der Waals surface area contributed by atoms with E-state index in [2.05, 4.69) is 30.2 Å². The number of nitrogens with zero attached hydrogens (tertiary/aromatic N) is 4. The van der Waals surface area contributed by atoms with Crippen LogP contribution in [0.25, 0.3) is 11.0 Å². The van der Waals surface area contributed by atoms with Gasteiger partial charge in [-0.1, -0.05) is 0 Å². The molecule has 3 aromatic heterocycles. The number of hydrogen-bond acceptors (Lipinski definition) is 6. The van der Waals surface area contributed by atoms with Crippen LogP contribution in [0.4, 0.5) is 10.2 Å². The lowest BCUT2D eigenvalue weighted by Crippen LogP contribution is -2.48. The van der Waals surface area contributed by atoms with Crippen LogP contribution >= 0.6 is 0 Å². The number of anilines is 1. The van der Waals surface area contributed by atoms with E-state index in [1.807, 2.05) is 12.3 Å². The molecule has 9 heteroatoms. The third-order valence-electron chi connectivity index (χ3n) is 6.65. The summed E-state index contributed by atoms with van der Waals surface area (Å²) in [5, 5.41) is 14.3. The van der Waals surface area contributed by atoms with Gasteiger partial charge in [0.25, 0.3) is 0 Å². The fourth-order valence-electron chi connectivity index (χ4n) is 4.70. The number of aliphatic hydroxyl groups excluding tert-OH is 1. The highest BCUT2D eigenvalue weighted by molar-refractivity contribution is 5.87. The minimum absolute atomic E-state index is 0.0375. The number of carbonyl (C=O) groups is 1. The molecule has 1 unspecified atom stereocenters. The van der Waals surface area contributed by atoms with Crippen LogP contribution in [0.15, 0.2) is 30.9 Å². The Balaban J connectivity index is 1.24. The van der Waals surface area contributed by atoms with E-state index in [-0.39, 0.29) is 23.8 Å². The molecule has 31 heavy (non-hydrogen) atoms. The number of fused-ring (bicyclic) bond motifs is 1. The van der Waals surface area contributed by atoms with Crippen LogP contribution in [0.5, 0.6) is 0 Å². The largest absolute Gasteiger partial charge is 0.385 e. The van der Waals surface area contributed by atoms with Gasteiger partial charge in [0, 0.05) is 31.7 Å². The second-order valence-electron chi connectivity index (χ2n) is 8.68. The van der Waals surface area contributed by atoms with Crippen LogP contribution in [0, 0.1) is 24.1 Å². The number of aliphatic hydroxyl groups is 1. The number of carbonyl (C=O) groups excluding carboxylic acids is 1. The monoisotopic (exact) mass is 424 g/mol. The Bertz CT molecular complexity index is 1130. The summed E-state index contributed by atoms with van der Waals surface area (Å²) >= 11 is 0. The molecule has 0 bridgehead atoms. The molecule has 2 fully saturated rings. The molecular formula is C22H25FN6O2. The number of hydrogen-bond donors (Lipinski definition) is 3. The highest BCUT2D eigenvalue weighted by Crippen LogP contribution is 2.56. The lowest BCUT2D eigenvalue weighted by atomic mass is 9.81. The summed E-state index contributed by atoms with van der Waals surface area (Å²) < 4.78 is 13.4. The van der Waals surface area contributed by atoms with E-state index in [1.165, 1.54) is 6.07 Å². The van der Waals surface area contributed by atoms with E-state index >= 15 is 0 Å². The minimum atomic E-state index is -0.971. The standard InChI is InChI=1S/C22H25FN6O2/c1-13-8-17(25-9-16(13)23)18(30)10-26-21(31)15-3-7-29(11-22(15)4-5-22)20-14-2-6-24-19(14)27-12-28-20/h2,6,8-9,12,15,18,30H,3-5,7,10-11H2,1H3,(H,26,31)(H,24,27,28)/t15?,18-/m1/s1. The molecule has 8 nitrogen and oxygen atoms in total. The van der Waals surface area contributed by atoms with Crippen LogP contribution in [0.1, 0.15) is 36.6 Å². The maximum absolute atomic E-state index is 13.4. The van der Waals surface area contributed by atoms with E-state index in [4.69, 9.17) is 0 Å². The minimum Gasteiger partial charge on any atom is -0.385 e. The van der Waals surface area contributed by atoms with Crippen molar-refractivity contribution >= 4 is 22.8 Å². The summed E-state index contributed by atoms with van der Waals surface area (Å²) in [4.78, 5) is 31.0. The Hall–Kier alpha value is -3.07. The van der Waals surface area contributed by atoms with Crippen molar-refractivity contribution in [1.29, 1.82) is 0 Å². The number of H-pyrrole nitrogens is 1. The number of amides is 1. The maximum atomic E-state index is 13.4. The van der Waals surface area contributed by atoms with Crippen LogP contribution in [-0.4, -0.2) is 50.6 Å². The molecule has 2 atom stereocenters. The Morgan fingerprint density at radius 2 is 2.26 bits per heavy atom. The summed E-state index contributed by atoms with van der Waals surface area (Å²) in [5.41, 5.74) is 1.54. The smallest absolute Gasteiger partial charge is 0.223 e. The third kappa shape index (κ3) is 3.63. The zero-order chi connectivity index (χ0) is 21.6. The van der Waals surface area contributed by atoms with Crippen molar-refractivity contribution in [1.82, 2.24) is 25.3 Å². The van der Waals surface area contributed by atoms with Crippen molar-refractivity contribution in [2.75, 3.05) is 24.5 Å². The highest BCUT2D eigenvalue weighted by Gasteiger charge is 2.55. The van der Waals surface area contributed by atoms with Gasteiger partial charge in [0.2, 0.25) is 5.91 Å². The van der Waals surface area contributed by atoms with Crippen LogP contribution in [0.2, 0.25) is 0 Å². The number of rotatable bonds is 5. The number of piperidine rings is 1. The first kappa shape index (κ1) is 19.9. The molecule has 1 amide bonds. The Morgan fingerprint density at radius 3 is 3.03 bits per heavy atom. The second kappa shape index (κ2) is 7.56. The molecule has 3 N–H and O–H groups in total. The van der Waals surface area contributed by atoms with Gasteiger partial charge >= 0.3 is 0 Å². The molecule has 1 aliphatic carbocycles. The van der Waals surface area contributed by atoms with Gasteiger partial charge in [0.1, 0.15) is 29.7 Å². The molecule has 0 radical (unpaired) electrons. The molecule has 162 valence electrons. The molecule has 1 saturated heterocycles. The first-order valence-electron chi connectivity index (χ1n) is 10.6. The van der Waals surface area contributed by atoms with Crippen LogP contribution < -0.4 is 10.2 Å². The number of halogens is 1. The molecule has 0 aromatic carbocycles. The molecule has 1 saturated carbocycles. The van der Waals surface area contributed by atoms with Gasteiger partial charge in [0.15, 0.2) is 0 Å². The lowest BCUT2D eigenvalue weighted by molar-refractivity contribution is -0.128. The number of nitrogens with one attached hydrogen (secondary N) is 2. The molecule has 1 aliphatic heterocycles. The van der Waals surface area contributed by atoms with Gasteiger partial charge in [-0.25, -0.2) is 14.4 Å². The lowest BCUT2D eigenvalue weighted by Gasteiger charge is -2.39. The topological polar surface area (TPSA) is 107 Å². The maximum Gasteiger partial charge on any atom is 0.223 e. The van der Waals surface area contributed by atoms with Gasteiger partial charge in [-0.3, -0.25) is 9.78 Å². The van der Waals surface area contributed by atoms with Crippen molar-refractivity contribution in [3.63, 3.8) is 0 Å². The summed E-state index contributed by atoms with van der Waals surface area (Å²) in [5.74, 6) is 0.361. The zero-order valence-corrected chi connectivity index (χ0v) is 17.3. The molecule has 5 rings (SSSR count). The van der Waals surface area contributed by atoms with Crippen molar-refractivity contribution in [3.05, 3.63) is 47.9 Å². The Kier molecular flexibility index (Phi) is 4.85. The van der Waals surface area contributed by atoms with Crippen molar-refractivity contribution in [2.24, 2.45) is 11.3 Å². The highest BCUT2D eigenvalue weighted by atomic mass is 19.1. The Labute approximate surface area is 178 Å². The molecular weight excluding hydrogens is 399 g/mol. The first-order valence-corrected chi connectivity index (χ1v) is 10.6. The van der Waals surface area contributed by atoms with Gasteiger partial charge in [-0.15, -0.1) is 0 Å². The van der Waals surface area contributed by atoms with Crippen molar-refractivity contribution < 1.29 is 14.3 Å². The second-order valence-corrected chi connectivity index (χ2v) is 8.68. The van der Waals surface area contributed by atoms with E-state index in [0.29, 0.717) is 11.3 Å². The number of pyridine rings is 1. The predicted molar refractivity (Wildman–Crippen MR) is 113 cm³/mol. The van der Waals surface area contributed by atoms with E-state index in [0.717, 1.165) is 55.4 Å². The van der Waals surface area contributed by atoms with Gasteiger partial charge in [0.05, 0.1) is 17.3 Å². The summed E-state index contributed by atoms with van der Waals surface area (Å²) in [6.45, 7) is 3.19. The summed E-state index contributed by atoms with van der Waals surface area (Å²) in [6.07, 6.45) is 6.29. The van der Waals surface area contributed by atoms with Crippen LogP contribution in [0.3, 0.4) is 0 Å². The fraction of sp³-hybridized carbons (Fsp3) is 0.455. The SMILES string of the molecule is Cc1cc([C@H](O)CNC(=O)C2CCN(c3ncnc4[nH]ccc34)CC23CC3)ncc1F. The van der Waals surface area contributed by atoms with E-state index in [1.54, 1.807) is 13.3 Å². The third-order valence-corrected chi connectivity index (χ3v) is 6.65. The van der Waals surface area contributed by atoms with E-state index < -0.39 is 11.9 Å². The zero-order valence-electron chi connectivity index (χ0n) is 17.3. The quantitative estimate of drug-likeness (QED) is 0.580. The van der Waals surface area contributed by atoms with Crippen molar-refractivity contribution in [2.45, 2.75) is 32.3 Å². The van der Waals surface area contributed by atoms with Crippen LogP contribution in [-0.2, 0) is 4.79 Å². The first-order chi connectivity index (χ1) is 15.0. The average Bonchev–Trinajstić information content (AvgIpc) is 3.34. The molecule has 2 aliphatic rings. The van der Waals surface area contributed by atoms with Crippen molar-refractivity contribution in [3.8, 4) is 0 Å². The molecule has 3 aromatic rings. The van der Waals surface area contributed by atoms with Gasteiger partial charge in [-0.05, 0) is 49.3 Å². The number of aromatic nitrogens is 4. The van der Waals surface area contributed by atoms with Gasteiger partial charge < -0.3 is 20.3 Å². The average molecular weight is 424 g/mol. The number of aryl methyl sites for hydroxylation is 1. The summed E-state index contributed by atoms with van der Waals surface area (Å²) in [6, 6.07) is 3.49. The number of aromatic amines is 1. The predicted octanol–water partition coefficient (Wildman–Crippen LogP) is 2.26. The van der Waals surface area contributed by atoms with Gasteiger partial charge in [-0.2, -0.15) is 0 Å². The molecule has 1 spiro atoms. The fourth-order valence-corrected chi connectivity index (χ4v) is 4.70. The molecule has 4 heterocycles. The normalized spacial score (nSPS) is 20.7. The Morgan fingerprint density at radius 1 is 1.42 bits per heavy atom.